The summed E-state index contributed by atoms with van der Waals surface area (Å²) in [5, 5.41) is 0. The average Bonchev–Trinajstić information content (AvgIpc) is 2.65. The number of amides is 2. The molecule has 0 saturated carbocycles. The first-order chi connectivity index (χ1) is 12.9. The van der Waals surface area contributed by atoms with Crippen LogP contribution in [-0.2, 0) is 11.2 Å². The summed E-state index contributed by atoms with van der Waals surface area (Å²) in [4.78, 5) is 36.2. The van der Waals surface area contributed by atoms with E-state index in [1.807, 2.05) is 38.1 Å². The Kier molecular flexibility index (Phi) is 7.29. The molecule has 0 aliphatic rings. The lowest BCUT2D eigenvalue weighted by Crippen LogP contribution is -2.41. The van der Waals surface area contributed by atoms with E-state index in [1.165, 1.54) is 5.56 Å². The molecule has 27 heavy (non-hydrogen) atoms. The number of benzene rings is 2. The molecule has 0 atom stereocenters. The zero-order valence-corrected chi connectivity index (χ0v) is 16.1. The molecule has 0 spiro atoms. The van der Waals surface area contributed by atoms with Crippen LogP contribution in [0.25, 0.3) is 0 Å². The monoisotopic (exact) mass is 366 g/mol. The summed E-state index contributed by atoms with van der Waals surface area (Å²) in [7, 11) is 0. The smallest absolute Gasteiger partial charge is 0.269 e. The summed E-state index contributed by atoms with van der Waals surface area (Å²) in [5.74, 6) is -0.864. The van der Waals surface area contributed by atoms with Gasteiger partial charge in [-0.15, -0.1) is 0 Å². The molecule has 0 aliphatic carbocycles. The van der Waals surface area contributed by atoms with Crippen LogP contribution in [0.15, 0.2) is 42.5 Å². The van der Waals surface area contributed by atoms with Crippen LogP contribution in [0, 0.1) is 13.8 Å². The first-order valence-corrected chi connectivity index (χ1v) is 9.19. The Balaban J connectivity index is 1.80. The van der Waals surface area contributed by atoms with Crippen molar-refractivity contribution in [1.82, 2.24) is 10.9 Å². The third-order valence-corrected chi connectivity index (χ3v) is 4.34. The van der Waals surface area contributed by atoms with Gasteiger partial charge in [-0.1, -0.05) is 55.3 Å². The molecule has 5 nitrogen and oxygen atoms in total. The van der Waals surface area contributed by atoms with Crippen LogP contribution >= 0.6 is 0 Å². The van der Waals surface area contributed by atoms with E-state index in [1.54, 1.807) is 18.2 Å². The Hall–Kier alpha value is -2.95. The zero-order chi connectivity index (χ0) is 19.8. The van der Waals surface area contributed by atoms with Gasteiger partial charge in [-0.2, -0.15) is 0 Å². The largest absolute Gasteiger partial charge is 0.294 e. The van der Waals surface area contributed by atoms with Crippen molar-refractivity contribution in [3.8, 4) is 0 Å². The number of hydrogen-bond acceptors (Lipinski definition) is 3. The highest BCUT2D eigenvalue weighted by atomic mass is 16.2. The summed E-state index contributed by atoms with van der Waals surface area (Å²) in [5.41, 5.74) is 8.96. The Bertz CT molecular complexity index is 826. The van der Waals surface area contributed by atoms with Crippen molar-refractivity contribution >= 4 is 17.6 Å². The van der Waals surface area contributed by atoms with Crippen LogP contribution in [0.5, 0.6) is 0 Å². The van der Waals surface area contributed by atoms with E-state index in [2.05, 4.69) is 17.8 Å². The molecule has 0 fully saturated rings. The normalized spacial score (nSPS) is 10.3. The minimum atomic E-state index is -0.399. The van der Waals surface area contributed by atoms with Gasteiger partial charge in [0, 0.05) is 24.0 Å². The molecule has 2 amide bonds. The van der Waals surface area contributed by atoms with Gasteiger partial charge in [0.25, 0.3) is 5.91 Å². The van der Waals surface area contributed by atoms with Crippen LogP contribution in [0.2, 0.25) is 0 Å². The molecule has 0 radical (unpaired) electrons. The maximum atomic E-state index is 12.2. The van der Waals surface area contributed by atoms with Crippen molar-refractivity contribution in [2.75, 3.05) is 0 Å². The number of Topliss-reactive ketones (excluding diaryl/α,β-unsaturated/α-hetero) is 1. The van der Waals surface area contributed by atoms with E-state index in [9.17, 15) is 14.4 Å². The number of carbonyl (C=O) groups is 3. The third-order valence-electron chi connectivity index (χ3n) is 4.34. The molecule has 0 aromatic heterocycles. The van der Waals surface area contributed by atoms with Crippen LogP contribution < -0.4 is 10.9 Å². The van der Waals surface area contributed by atoms with Gasteiger partial charge in [-0.05, 0) is 37.5 Å². The van der Waals surface area contributed by atoms with E-state index in [-0.39, 0.29) is 24.5 Å². The molecule has 2 aromatic rings. The lowest BCUT2D eigenvalue weighted by Gasteiger charge is -2.09. The Morgan fingerprint density at radius 1 is 0.889 bits per heavy atom. The standard InChI is InChI=1S/C22H26N2O3/c1-4-5-17-7-9-18(10-8-17)20(25)12-13-21(26)23-24-22(27)19-11-6-15(2)14-16(19)3/h6-11,14H,4-5,12-13H2,1-3H3,(H,23,26)(H,24,27). The molecule has 0 saturated heterocycles. The zero-order valence-electron chi connectivity index (χ0n) is 16.1. The highest BCUT2D eigenvalue weighted by Gasteiger charge is 2.12. The lowest BCUT2D eigenvalue weighted by atomic mass is 10.0. The fourth-order valence-electron chi connectivity index (χ4n) is 2.84. The second kappa shape index (κ2) is 9.67. The van der Waals surface area contributed by atoms with Crippen molar-refractivity contribution in [3.05, 3.63) is 70.3 Å². The molecule has 142 valence electrons. The molecule has 0 bridgehead atoms. The summed E-state index contributed by atoms with van der Waals surface area (Å²) < 4.78 is 0. The van der Waals surface area contributed by atoms with Crippen molar-refractivity contribution in [1.29, 1.82) is 0 Å². The van der Waals surface area contributed by atoms with Gasteiger partial charge in [-0.3, -0.25) is 25.2 Å². The van der Waals surface area contributed by atoms with Crippen LogP contribution in [0.3, 0.4) is 0 Å². The molecule has 2 N–H and O–H groups in total. The van der Waals surface area contributed by atoms with E-state index in [4.69, 9.17) is 0 Å². The van der Waals surface area contributed by atoms with Crippen molar-refractivity contribution in [2.24, 2.45) is 0 Å². The number of ketones is 1. The Morgan fingerprint density at radius 2 is 1.59 bits per heavy atom. The van der Waals surface area contributed by atoms with E-state index < -0.39 is 5.91 Å². The highest BCUT2D eigenvalue weighted by molar-refractivity contribution is 5.99. The molecule has 0 unspecified atom stereocenters. The number of aryl methyl sites for hydroxylation is 3. The van der Waals surface area contributed by atoms with E-state index >= 15 is 0 Å². The lowest BCUT2D eigenvalue weighted by molar-refractivity contribution is -0.121. The Morgan fingerprint density at radius 3 is 2.22 bits per heavy atom. The number of carbonyl (C=O) groups excluding carboxylic acids is 3. The van der Waals surface area contributed by atoms with E-state index in [0.717, 1.165) is 24.0 Å². The van der Waals surface area contributed by atoms with E-state index in [0.29, 0.717) is 11.1 Å². The molecule has 2 rings (SSSR count). The number of hydrogen-bond donors (Lipinski definition) is 2. The van der Waals surface area contributed by atoms with Crippen LogP contribution in [0.4, 0.5) is 0 Å². The minimum Gasteiger partial charge on any atom is -0.294 e. The van der Waals surface area contributed by atoms with Gasteiger partial charge >= 0.3 is 0 Å². The fourth-order valence-corrected chi connectivity index (χ4v) is 2.84. The van der Waals surface area contributed by atoms with Gasteiger partial charge < -0.3 is 0 Å². The van der Waals surface area contributed by atoms with Crippen molar-refractivity contribution < 1.29 is 14.4 Å². The average molecular weight is 366 g/mol. The third kappa shape index (κ3) is 6.06. The predicted molar refractivity (Wildman–Crippen MR) is 106 cm³/mol. The first kappa shape index (κ1) is 20.4. The molecule has 0 aliphatic heterocycles. The predicted octanol–water partition coefficient (Wildman–Crippen LogP) is 3.68. The topological polar surface area (TPSA) is 75.3 Å². The summed E-state index contributed by atoms with van der Waals surface area (Å²) in [6, 6.07) is 13.0. The number of rotatable bonds is 7. The molecule has 5 heteroatoms. The SMILES string of the molecule is CCCc1ccc(C(=O)CCC(=O)NNC(=O)c2ccc(C)cc2C)cc1. The second-order valence-electron chi connectivity index (χ2n) is 6.69. The van der Waals surface area contributed by atoms with Crippen molar-refractivity contribution in [3.63, 3.8) is 0 Å². The number of nitrogens with one attached hydrogen (secondary N) is 2. The summed E-state index contributed by atoms with van der Waals surface area (Å²) >= 11 is 0. The fraction of sp³-hybridized carbons (Fsp3) is 0.318. The maximum absolute atomic E-state index is 12.2. The Labute approximate surface area is 160 Å². The highest BCUT2D eigenvalue weighted by Crippen LogP contribution is 2.11. The quantitative estimate of drug-likeness (QED) is 0.580. The van der Waals surface area contributed by atoms with Gasteiger partial charge in [0.2, 0.25) is 5.91 Å². The van der Waals surface area contributed by atoms with Crippen molar-refractivity contribution in [2.45, 2.75) is 46.5 Å². The first-order valence-electron chi connectivity index (χ1n) is 9.19. The summed E-state index contributed by atoms with van der Waals surface area (Å²) in [6.45, 7) is 5.90. The van der Waals surface area contributed by atoms with Gasteiger partial charge in [-0.25, -0.2) is 0 Å². The maximum Gasteiger partial charge on any atom is 0.269 e. The van der Waals surface area contributed by atoms with Gasteiger partial charge in [0.1, 0.15) is 0 Å². The van der Waals surface area contributed by atoms with Gasteiger partial charge in [0.15, 0.2) is 5.78 Å². The summed E-state index contributed by atoms with van der Waals surface area (Å²) in [6.07, 6.45) is 2.15. The van der Waals surface area contributed by atoms with Crippen LogP contribution in [0.1, 0.15) is 63.6 Å². The second-order valence-corrected chi connectivity index (χ2v) is 6.69. The number of hydrazine groups is 1. The molecular formula is C22H26N2O3. The minimum absolute atomic E-state index is 0.0166. The van der Waals surface area contributed by atoms with Crippen LogP contribution in [-0.4, -0.2) is 17.6 Å². The van der Waals surface area contributed by atoms with Gasteiger partial charge in [0.05, 0.1) is 0 Å². The molecular weight excluding hydrogens is 340 g/mol. The molecule has 0 heterocycles. The molecule has 2 aromatic carbocycles.